The Balaban J connectivity index is 2.48. The van der Waals surface area contributed by atoms with Gasteiger partial charge in [-0.25, -0.2) is 0 Å². The highest BCUT2D eigenvalue weighted by Gasteiger charge is 2.31. The number of rotatable bonds is 3. The number of carbonyl (C=O) groups is 1. The van der Waals surface area contributed by atoms with Crippen LogP contribution in [0.1, 0.15) is 33.6 Å². The molecule has 0 spiro atoms. The number of nitrogens with zero attached hydrogens (tertiary/aromatic N) is 1. The highest BCUT2D eigenvalue weighted by molar-refractivity contribution is 5.77. The van der Waals surface area contributed by atoms with Crippen LogP contribution in [0, 0.1) is 11.8 Å². The lowest BCUT2D eigenvalue weighted by molar-refractivity contribution is -0.132. The van der Waals surface area contributed by atoms with E-state index in [1.54, 1.807) is 0 Å². The molecule has 3 heteroatoms. The van der Waals surface area contributed by atoms with Crippen molar-refractivity contribution >= 4 is 5.91 Å². The molecule has 0 aromatic carbocycles. The van der Waals surface area contributed by atoms with Gasteiger partial charge in [0.05, 0.1) is 0 Å². The molecule has 3 nitrogen and oxygen atoms in total. The normalized spacial score (nSPS) is 27.4. The molecule has 1 rings (SSSR count). The topological polar surface area (TPSA) is 46.3 Å². The van der Waals surface area contributed by atoms with E-state index in [0.717, 1.165) is 13.0 Å². The maximum Gasteiger partial charge on any atom is 0.223 e. The summed E-state index contributed by atoms with van der Waals surface area (Å²) in [5, 5.41) is 0. The second-order valence-electron chi connectivity index (χ2n) is 4.83. The van der Waals surface area contributed by atoms with Crippen LogP contribution in [0.15, 0.2) is 0 Å². The van der Waals surface area contributed by atoms with Crippen molar-refractivity contribution in [1.29, 1.82) is 0 Å². The first-order valence-corrected chi connectivity index (χ1v) is 5.54. The van der Waals surface area contributed by atoms with E-state index in [0.29, 0.717) is 36.8 Å². The minimum atomic E-state index is 0.295. The Bertz CT molecular complexity index is 203. The van der Waals surface area contributed by atoms with Crippen LogP contribution < -0.4 is 5.73 Å². The molecule has 0 aromatic heterocycles. The number of likely N-dealkylation sites (tertiary alicyclic amines) is 1. The van der Waals surface area contributed by atoms with Gasteiger partial charge in [-0.3, -0.25) is 4.79 Å². The summed E-state index contributed by atoms with van der Waals surface area (Å²) in [7, 11) is 0. The van der Waals surface area contributed by atoms with E-state index in [-0.39, 0.29) is 0 Å². The number of amides is 1. The summed E-state index contributed by atoms with van der Waals surface area (Å²) in [4.78, 5) is 13.8. The molecule has 0 aliphatic carbocycles. The number of hydrogen-bond acceptors (Lipinski definition) is 2. The van der Waals surface area contributed by atoms with E-state index in [9.17, 15) is 4.79 Å². The molecule has 1 saturated heterocycles. The Morgan fingerprint density at radius 1 is 1.57 bits per heavy atom. The Kier molecular flexibility index (Phi) is 3.93. The SMILES string of the molecule is CC(C)CC(=O)N1CC(CN)CC1C. The van der Waals surface area contributed by atoms with Crippen LogP contribution in [0.4, 0.5) is 0 Å². The van der Waals surface area contributed by atoms with E-state index in [2.05, 4.69) is 20.8 Å². The molecule has 2 unspecified atom stereocenters. The molecule has 0 saturated carbocycles. The van der Waals surface area contributed by atoms with Crippen molar-refractivity contribution in [2.24, 2.45) is 17.6 Å². The Labute approximate surface area is 86.6 Å². The molecule has 1 amide bonds. The zero-order valence-corrected chi connectivity index (χ0v) is 9.49. The fourth-order valence-electron chi connectivity index (χ4n) is 2.13. The number of nitrogens with two attached hydrogens (primary N) is 1. The summed E-state index contributed by atoms with van der Waals surface area (Å²) >= 11 is 0. The Morgan fingerprint density at radius 3 is 2.64 bits per heavy atom. The molecular formula is C11H22N2O. The van der Waals surface area contributed by atoms with Crippen LogP contribution in [0.2, 0.25) is 0 Å². The van der Waals surface area contributed by atoms with Crippen LogP contribution in [-0.2, 0) is 4.79 Å². The maximum absolute atomic E-state index is 11.8. The third-order valence-corrected chi connectivity index (χ3v) is 2.90. The fraction of sp³-hybridized carbons (Fsp3) is 0.909. The number of carbonyl (C=O) groups excluding carboxylic acids is 1. The van der Waals surface area contributed by atoms with Crippen molar-refractivity contribution in [2.45, 2.75) is 39.7 Å². The van der Waals surface area contributed by atoms with Crippen molar-refractivity contribution < 1.29 is 4.79 Å². The maximum atomic E-state index is 11.8. The molecule has 2 N–H and O–H groups in total. The lowest BCUT2D eigenvalue weighted by atomic mass is 10.1. The second-order valence-corrected chi connectivity index (χ2v) is 4.83. The highest BCUT2D eigenvalue weighted by Crippen LogP contribution is 2.23. The lowest BCUT2D eigenvalue weighted by Crippen LogP contribution is -2.35. The van der Waals surface area contributed by atoms with Crippen molar-refractivity contribution in [3.8, 4) is 0 Å². The molecule has 2 atom stereocenters. The molecular weight excluding hydrogens is 176 g/mol. The van der Waals surface area contributed by atoms with Crippen LogP contribution >= 0.6 is 0 Å². The summed E-state index contributed by atoms with van der Waals surface area (Å²) in [5.41, 5.74) is 5.62. The highest BCUT2D eigenvalue weighted by atomic mass is 16.2. The summed E-state index contributed by atoms with van der Waals surface area (Å²) in [6.45, 7) is 7.85. The predicted octanol–water partition coefficient (Wildman–Crippen LogP) is 1.23. The average molecular weight is 198 g/mol. The molecule has 1 fully saturated rings. The first-order chi connectivity index (χ1) is 6.54. The van der Waals surface area contributed by atoms with E-state index in [1.807, 2.05) is 4.90 Å². The van der Waals surface area contributed by atoms with Gasteiger partial charge in [0.2, 0.25) is 5.91 Å². The minimum absolute atomic E-state index is 0.295. The summed E-state index contributed by atoms with van der Waals surface area (Å²) in [6.07, 6.45) is 1.74. The second kappa shape index (κ2) is 4.78. The molecule has 1 aliphatic heterocycles. The van der Waals surface area contributed by atoms with Crippen molar-refractivity contribution in [3.05, 3.63) is 0 Å². The van der Waals surface area contributed by atoms with E-state index < -0.39 is 0 Å². The first kappa shape index (κ1) is 11.5. The summed E-state index contributed by atoms with van der Waals surface area (Å²) in [5.74, 6) is 1.26. The minimum Gasteiger partial charge on any atom is -0.340 e. The zero-order chi connectivity index (χ0) is 10.7. The molecule has 1 aliphatic rings. The third kappa shape index (κ3) is 2.71. The van der Waals surface area contributed by atoms with Gasteiger partial charge >= 0.3 is 0 Å². The smallest absolute Gasteiger partial charge is 0.223 e. The van der Waals surface area contributed by atoms with Crippen LogP contribution in [0.5, 0.6) is 0 Å². The molecule has 0 bridgehead atoms. The van der Waals surface area contributed by atoms with E-state index in [1.165, 1.54) is 0 Å². The van der Waals surface area contributed by atoms with Crippen molar-refractivity contribution in [2.75, 3.05) is 13.1 Å². The zero-order valence-electron chi connectivity index (χ0n) is 9.49. The van der Waals surface area contributed by atoms with Crippen LogP contribution in [0.3, 0.4) is 0 Å². The van der Waals surface area contributed by atoms with Gasteiger partial charge in [0, 0.05) is 19.0 Å². The van der Waals surface area contributed by atoms with Gasteiger partial charge in [-0.2, -0.15) is 0 Å². The van der Waals surface area contributed by atoms with Gasteiger partial charge < -0.3 is 10.6 Å². The van der Waals surface area contributed by atoms with Gasteiger partial charge in [0.25, 0.3) is 0 Å². The molecule has 82 valence electrons. The van der Waals surface area contributed by atoms with Gasteiger partial charge in [-0.15, -0.1) is 0 Å². The monoisotopic (exact) mass is 198 g/mol. The first-order valence-electron chi connectivity index (χ1n) is 5.54. The standard InChI is InChI=1S/C11H22N2O/c1-8(2)4-11(14)13-7-10(6-12)5-9(13)3/h8-10H,4-7,12H2,1-3H3. The molecule has 1 heterocycles. The Hall–Kier alpha value is -0.570. The fourth-order valence-corrected chi connectivity index (χ4v) is 2.13. The third-order valence-electron chi connectivity index (χ3n) is 2.90. The number of hydrogen-bond donors (Lipinski definition) is 1. The van der Waals surface area contributed by atoms with Gasteiger partial charge in [-0.1, -0.05) is 13.8 Å². The van der Waals surface area contributed by atoms with Crippen LogP contribution in [0.25, 0.3) is 0 Å². The quantitative estimate of drug-likeness (QED) is 0.741. The van der Waals surface area contributed by atoms with Gasteiger partial charge in [0.15, 0.2) is 0 Å². The molecule has 14 heavy (non-hydrogen) atoms. The molecule has 0 aromatic rings. The Morgan fingerprint density at radius 2 is 2.21 bits per heavy atom. The van der Waals surface area contributed by atoms with Crippen molar-refractivity contribution in [3.63, 3.8) is 0 Å². The average Bonchev–Trinajstić information content (AvgIpc) is 2.45. The molecule has 0 radical (unpaired) electrons. The largest absolute Gasteiger partial charge is 0.340 e. The van der Waals surface area contributed by atoms with Crippen molar-refractivity contribution in [1.82, 2.24) is 4.90 Å². The van der Waals surface area contributed by atoms with E-state index in [4.69, 9.17) is 5.73 Å². The van der Waals surface area contributed by atoms with Gasteiger partial charge in [-0.05, 0) is 31.7 Å². The van der Waals surface area contributed by atoms with E-state index >= 15 is 0 Å². The summed E-state index contributed by atoms with van der Waals surface area (Å²) in [6, 6.07) is 0.384. The predicted molar refractivity (Wildman–Crippen MR) is 57.8 cm³/mol. The summed E-state index contributed by atoms with van der Waals surface area (Å²) < 4.78 is 0. The van der Waals surface area contributed by atoms with Gasteiger partial charge in [0.1, 0.15) is 0 Å². The lowest BCUT2D eigenvalue weighted by Gasteiger charge is -2.22. The van der Waals surface area contributed by atoms with Crippen LogP contribution in [-0.4, -0.2) is 29.9 Å².